The third kappa shape index (κ3) is 2.85. The summed E-state index contributed by atoms with van der Waals surface area (Å²) in [7, 11) is 2.16. The summed E-state index contributed by atoms with van der Waals surface area (Å²) < 4.78 is 0. The van der Waals surface area contributed by atoms with E-state index in [2.05, 4.69) is 31.0 Å². The first-order valence-corrected chi connectivity index (χ1v) is 6.97. The van der Waals surface area contributed by atoms with Crippen molar-refractivity contribution in [3.63, 3.8) is 0 Å². The molecule has 2 rings (SSSR count). The Morgan fingerprint density at radius 1 is 1.28 bits per heavy atom. The number of hydrogen-bond acceptors (Lipinski definition) is 2. The van der Waals surface area contributed by atoms with Gasteiger partial charge >= 0.3 is 0 Å². The standard InChI is InChI=1S/C16H22N2/c1-3-13-7-9-15(10-8-13)18(2)16-6-4-5-14(11-16)12-17/h4-6,11,13,15H,3,7-10H2,1-2H3. The first-order valence-electron chi connectivity index (χ1n) is 6.97. The highest BCUT2D eigenvalue weighted by Gasteiger charge is 2.23. The molecule has 0 aromatic heterocycles. The third-order valence-electron chi connectivity index (χ3n) is 4.32. The van der Waals surface area contributed by atoms with E-state index in [0.717, 1.165) is 11.5 Å². The average Bonchev–Trinajstić information content (AvgIpc) is 2.46. The van der Waals surface area contributed by atoms with Crippen molar-refractivity contribution in [2.24, 2.45) is 5.92 Å². The summed E-state index contributed by atoms with van der Waals surface area (Å²) in [5, 5.41) is 8.95. The van der Waals surface area contributed by atoms with E-state index in [-0.39, 0.29) is 0 Å². The van der Waals surface area contributed by atoms with Gasteiger partial charge in [-0.25, -0.2) is 0 Å². The molecule has 2 heteroatoms. The molecule has 1 saturated carbocycles. The zero-order valence-electron chi connectivity index (χ0n) is 11.4. The van der Waals surface area contributed by atoms with Crippen LogP contribution in [0.15, 0.2) is 24.3 Å². The van der Waals surface area contributed by atoms with Gasteiger partial charge in [0.1, 0.15) is 0 Å². The summed E-state index contributed by atoms with van der Waals surface area (Å²) in [5.74, 6) is 0.931. The smallest absolute Gasteiger partial charge is 0.0992 e. The van der Waals surface area contributed by atoms with Crippen LogP contribution in [0.4, 0.5) is 5.69 Å². The van der Waals surface area contributed by atoms with Crippen molar-refractivity contribution in [1.82, 2.24) is 0 Å². The van der Waals surface area contributed by atoms with Crippen molar-refractivity contribution in [1.29, 1.82) is 5.26 Å². The lowest BCUT2D eigenvalue weighted by Crippen LogP contribution is -2.35. The highest BCUT2D eigenvalue weighted by atomic mass is 15.1. The molecule has 1 aliphatic carbocycles. The Bertz CT molecular complexity index is 425. The second-order valence-electron chi connectivity index (χ2n) is 5.36. The normalized spacial score (nSPS) is 23.4. The van der Waals surface area contributed by atoms with Crippen LogP contribution in [-0.2, 0) is 0 Å². The molecule has 0 radical (unpaired) electrons. The number of anilines is 1. The van der Waals surface area contributed by atoms with Gasteiger partial charge in [-0.15, -0.1) is 0 Å². The van der Waals surface area contributed by atoms with Crippen LogP contribution in [0.3, 0.4) is 0 Å². The second-order valence-corrected chi connectivity index (χ2v) is 5.36. The van der Waals surface area contributed by atoms with Gasteiger partial charge in [-0.1, -0.05) is 19.4 Å². The molecule has 0 spiro atoms. The molecule has 0 unspecified atom stereocenters. The van der Waals surface area contributed by atoms with Crippen molar-refractivity contribution in [2.45, 2.75) is 45.1 Å². The fraction of sp³-hybridized carbons (Fsp3) is 0.562. The Labute approximate surface area is 110 Å². The molecule has 1 aliphatic rings. The number of hydrogen-bond donors (Lipinski definition) is 0. The maximum atomic E-state index is 8.95. The van der Waals surface area contributed by atoms with Crippen LogP contribution in [0.25, 0.3) is 0 Å². The lowest BCUT2D eigenvalue weighted by Gasteiger charge is -2.35. The van der Waals surface area contributed by atoms with Gasteiger partial charge < -0.3 is 4.90 Å². The van der Waals surface area contributed by atoms with E-state index in [0.29, 0.717) is 6.04 Å². The Morgan fingerprint density at radius 3 is 2.61 bits per heavy atom. The molecule has 1 aromatic carbocycles. The van der Waals surface area contributed by atoms with Crippen LogP contribution in [-0.4, -0.2) is 13.1 Å². The first kappa shape index (κ1) is 13.0. The maximum absolute atomic E-state index is 8.95. The molecule has 0 amide bonds. The molecule has 1 aromatic rings. The van der Waals surface area contributed by atoms with E-state index in [1.54, 1.807) is 0 Å². The Kier molecular flexibility index (Phi) is 4.25. The van der Waals surface area contributed by atoms with Crippen molar-refractivity contribution < 1.29 is 0 Å². The van der Waals surface area contributed by atoms with E-state index in [1.807, 2.05) is 18.2 Å². The van der Waals surface area contributed by atoms with Crippen LogP contribution in [0.1, 0.15) is 44.6 Å². The van der Waals surface area contributed by atoms with E-state index < -0.39 is 0 Å². The predicted molar refractivity (Wildman–Crippen MR) is 75.6 cm³/mol. The fourth-order valence-electron chi connectivity index (χ4n) is 2.95. The molecule has 0 N–H and O–H groups in total. The molecule has 0 saturated heterocycles. The first-order chi connectivity index (χ1) is 8.74. The highest BCUT2D eigenvalue weighted by Crippen LogP contribution is 2.31. The van der Waals surface area contributed by atoms with Crippen molar-refractivity contribution in [3.8, 4) is 6.07 Å². The van der Waals surface area contributed by atoms with Gasteiger partial charge in [-0.3, -0.25) is 0 Å². The van der Waals surface area contributed by atoms with E-state index in [1.165, 1.54) is 37.8 Å². The molecule has 1 fully saturated rings. The van der Waals surface area contributed by atoms with E-state index in [9.17, 15) is 0 Å². The summed E-state index contributed by atoms with van der Waals surface area (Å²) in [4.78, 5) is 2.35. The maximum Gasteiger partial charge on any atom is 0.0992 e. The second kappa shape index (κ2) is 5.91. The summed E-state index contributed by atoms with van der Waals surface area (Å²) in [6, 6.07) is 10.8. The lowest BCUT2D eigenvalue weighted by molar-refractivity contribution is 0.313. The van der Waals surface area contributed by atoms with Gasteiger partial charge in [0.2, 0.25) is 0 Å². The van der Waals surface area contributed by atoms with Gasteiger partial charge in [0.15, 0.2) is 0 Å². The van der Waals surface area contributed by atoms with Crippen molar-refractivity contribution >= 4 is 5.69 Å². The van der Waals surface area contributed by atoms with Crippen molar-refractivity contribution in [3.05, 3.63) is 29.8 Å². The zero-order chi connectivity index (χ0) is 13.0. The number of nitriles is 1. The Balaban J connectivity index is 2.03. The minimum Gasteiger partial charge on any atom is -0.372 e. The van der Waals surface area contributed by atoms with Gasteiger partial charge in [0.25, 0.3) is 0 Å². The number of benzene rings is 1. The van der Waals surface area contributed by atoms with Crippen LogP contribution in [0, 0.1) is 17.2 Å². The quantitative estimate of drug-likeness (QED) is 0.802. The summed E-state index contributed by atoms with van der Waals surface area (Å²) in [5.41, 5.74) is 1.93. The minimum atomic E-state index is 0.641. The Morgan fingerprint density at radius 2 is 2.00 bits per heavy atom. The fourth-order valence-corrected chi connectivity index (χ4v) is 2.95. The highest BCUT2D eigenvalue weighted by molar-refractivity contribution is 5.51. The van der Waals surface area contributed by atoms with Crippen LogP contribution in [0.2, 0.25) is 0 Å². The molecular formula is C16H22N2. The molecule has 2 nitrogen and oxygen atoms in total. The van der Waals surface area contributed by atoms with Crippen molar-refractivity contribution in [2.75, 3.05) is 11.9 Å². The molecule has 0 atom stereocenters. The monoisotopic (exact) mass is 242 g/mol. The SMILES string of the molecule is CCC1CCC(N(C)c2cccc(C#N)c2)CC1. The third-order valence-corrected chi connectivity index (χ3v) is 4.32. The molecule has 0 heterocycles. The van der Waals surface area contributed by atoms with Gasteiger partial charge in [-0.05, 0) is 49.8 Å². The minimum absolute atomic E-state index is 0.641. The number of rotatable bonds is 3. The summed E-state index contributed by atoms with van der Waals surface area (Å²) in [6.45, 7) is 2.30. The molecule has 0 aliphatic heterocycles. The molecular weight excluding hydrogens is 220 g/mol. The van der Waals surface area contributed by atoms with Crippen LogP contribution < -0.4 is 4.90 Å². The molecule has 96 valence electrons. The van der Waals surface area contributed by atoms with E-state index >= 15 is 0 Å². The predicted octanol–water partition coefficient (Wildman–Crippen LogP) is 3.96. The molecule has 0 bridgehead atoms. The van der Waals surface area contributed by atoms with Gasteiger partial charge in [0, 0.05) is 18.8 Å². The number of nitrogens with zero attached hydrogens (tertiary/aromatic N) is 2. The molecule has 18 heavy (non-hydrogen) atoms. The van der Waals surface area contributed by atoms with Gasteiger partial charge in [-0.2, -0.15) is 5.26 Å². The largest absolute Gasteiger partial charge is 0.372 e. The summed E-state index contributed by atoms with van der Waals surface area (Å²) >= 11 is 0. The Hall–Kier alpha value is -1.49. The summed E-state index contributed by atoms with van der Waals surface area (Å²) in [6.07, 6.45) is 6.59. The lowest BCUT2D eigenvalue weighted by atomic mass is 9.84. The van der Waals surface area contributed by atoms with Crippen LogP contribution in [0.5, 0.6) is 0 Å². The zero-order valence-corrected chi connectivity index (χ0v) is 11.4. The van der Waals surface area contributed by atoms with E-state index in [4.69, 9.17) is 5.26 Å². The van der Waals surface area contributed by atoms with Crippen LogP contribution >= 0.6 is 0 Å². The van der Waals surface area contributed by atoms with Gasteiger partial charge in [0.05, 0.1) is 11.6 Å². The average molecular weight is 242 g/mol. The topological polar surface area (TPSA) is 27.0 Å².